The number of aryl methyl sites for hydroxylation is 2. The topological polar surface area (TPSA) is 54.9 Å². The second kappa shape index (κ2) is 6.13. The van der Waals surface area contributed by atoms with Crippen LogP contribution in [0.15, 0.2) is 36.7 Å². The van der Waals surface area contributed by atoms with Gasteiger partial charge >= 0.3 is 0 Å². The quantitative estimate of drug-likeness (QED) is 0.643. The molecule has 4 heterocycles. The highest BCUT2D eigenvalue weighted by Gasteiger charge is 2.29. The Kier molecular flexibility index (Phi) is 3.72. The maximum atomic E-state index is 12.6. The van der Waals surface area contributed by atoms with Gasteiger partial charge in [-0.3, -0.25) is 9.78 Å². The molecule has 3 aromatic rings. The van der Waals surface area contributed by atoms with Gasteiger partial charge in [0, 0.05) is 39.0 Å². The van der Waals surface area contributed by atoms with Gasteiger partial charge in [0.1, 0.15) is 5.82 Å². The lowest BCUT2D eigenvalue weighted by atomic mass is 10.00. The third-order valence-corrected chi connectivity index (χ3v) is 6.55. The molecular weight excluding hydrogens is 354 g/mol. The molecule has 1 fully saturated rings. The van der Waals surface area contributed by atoms with Gasteiger partial charge in [-0.25, -0.2) is 4.98 Å². The SMILES string of the molecule is Cc1cc(C2CC2)sc1C=C1C(=O)Nc2nc(C)c(-c3ccncc3)cc21. The summed E-state index contributed by atoms with van der Waals surface area (Å²) >= 11 is 1.81. The monoisotopic (exact) mass is 373 g/mol. The van der Waals surface area contributed by atoms with Crippen LogP contribution in [-0.2, 0) is 4.79 Å². The molecule has 0 bridgehead atoms. The largest absolute Gasteiger partial charge is 0.306 e. The minimum Gasteiger partial charge on any atom is -0.306 e. The molecule has 1 N–H and O–H groups in total. The normalized spacial score (nSPS) is 17.3. The molecule has 3 aromatic heterocycles. The molecule has 5 heteroatoms. The maximum absolute atomic E-state index is 12.6. The summed E-state index contributed by atoms with van der Waals surface area (Å²) in [6, 6.07) is 8.28. The molecule has 0 radical (unpaired) electrons. The van der Waals surface area contributed by atoms with Crippen molar-refractivity contribution in [2.24, 2.45) is 0 Å². The van der Waals surface area contributed by atoms with E-state index in [0.717, 1.165) is 28.3 Å². The molecular formula is C22H19N3OS. The number of thiophene rings is 1. The second-order valence-corrected chi connectivity index (χ2v) is 8.35. The average Bonchev–Trinajstić information content (AvgIpc) is 3.39. The molecule has 0 aromatic carbocycles. The van der Waals surface area contributed by atoms with E-state index in [9.17, 15) is 4.79 Å². The number of aromatic nitrogens is 2. The molecule has 0 saturated heterocycles. The number of hydrogen-bond acceptors (Lipinski definition) is 4. The van der Waals surface area contributed by atoms with Crippen molar-refractivity contribution in [3.63, 3.8) is 0 Å². The Morgan fingerprint density at radius 3 is 2.67 bits per heavy atom. The van der Waals surface area contributed by atoms with Crippen LogP contribution in [0.25, 0.3) is 22.8 Å². The third kappa shape index (κ3) is 2.88. The Bertz CT molecular complexity index is 1090. The summed E-state index contributed by atoms with van der Waals surface area (Å²) in [7, 11) is 0. The summed E-state index contributed by atoms with van der Waals surface area (Å²) in [6.07, 6.45) is 8.16. The first-order valence-electron chi connectivity index (χ1n) is 9.16. The zero-order valence-electron chi connectivity index (χ0n) is 15.2. The van der Waals surface area contributed by atoms with Gasteiger partial charge in [-0.1, -0.05) is 0 Å². The molecule has 27 heavy (non-hydrogen) atoms. The van der Waals surface area contributed by atoms with E-state index in [4.69, 9.17) is 0 Å². The van der Waals surface area contributed by atoms with E-state index in [-0.39, 0.29) is 5.91 Å². The lowest BCUT2D eigenvalue weighted by molar-refractivity contribution is -0.110. The lowest BCUT2D eigenvalue weighted by Gasteiger charge is -2.08. The van der Waals surface area contributed by atoms with Crippen LogP contribution < -0.4 is 5.32 Å². The molecule has 5 rings (SSSR count). The van der Waals surface area contributed by atoms with Gasteiger partial charge in [-0.2, -0.15) is 0 Å². The number of amides is 1. The predicted octanol–water partition coefficient (Wildman–Crippen LogP) is 5.19. The van der Waals surface area contributed by atoms with Crippen molar-refractivity contribution in [3.05, 3.63) is 63.2 Å². The number of nitrogens with one attached hydrogen (secondary N) is 1. The summed E-state index contributed by atoms with van der Waals surface area (Å²) in [5.41, 5.74) is 5.79. The summed E-state index contributed by atoms with van der Waals surface area (Å²) in [4.78, 5) is 24.0. The van der Waals surface area contributed by atoms with Crippen molar-refractivity contribution in [3.8, 4) is 11.1 Å². The highest BCUT2D eigenvalue weighted by molar-refractivity contribution is 7.13. The first kappa shape index (κ1) is 16.4. The first-order chi connectivity index (χ1) is 13.1. The zero-order valence-corrected chi connectivity index (χ0v) is 16.1. The van der Waals surface area contributed by atoms with Gasteiger partial charge < -0.3 is 5.32 Å². The van der Waals surface area contributed by atoms with E-state index >= 15 is 0 Å². The number of pyridine rings is 2. The summed E-state index contributed by atoms with van der Waals surface area (Å²) in [6.45, 7) is 4.09. The highest BCUT2D eigenvalue weighted by Crippen LogP contribution is 2.45. The van der Waals surface area contributed by atoms with Crippen molar-refractivity contribution >= 4 is 34.7 Å². The molecule has 1 amide bonds. The van der Waals surface area contributed by atoms with Crippen LogP contribution in [0.2, 0.25) is 0 Å². The van der Waals surface area contributed by atoms with Crippen molar-refractivity contribution in [2.75, 3.05) is 5.32 Å². The van der Waals surface area contributed by atoms with Gasteiger partial charge in [-0.15, -0.1) is 11.3 Å². The first-order valence-corrected chi connectivity index (χ1v) is 9.97. The highest BCUT2D eigenvalue weighted by atomic mass is 32.1. The smallest absolute Gasteiger partial charge is 0.257 e. The molecule has 1 saturated carbocycles. The predicted molar refractivity (Wildman–Crippen MR) is 110 cm³/mol. The molecule has 0 unspecified atom stereocenters. The summed E-state index contributed by atoms with van der Waals surface area (Å²) < 4.78 is 0. The Morgan fingerprint density at radius 1 is 1.15 bits per heavy atom. The molecule has 1 aliphatic carbocycles. The number of carbonyl (C=O) groups is 1. The molecule has 0 atom stereocenters. The van der Waals surface area contributed by atoms with E-state index in [2.05, 4.69) is 34.3 Å². The van der Waals surface area contributed by atoms with Crippen LogP contribution >= 0.6 is 11.3 Å². The average molecular weight is 373 g/mol. The number of carbonyl (C=O) groups excluding carboxylic acids is 1. The Morgan fingerprint density at radius 2 is 1.93 bits per heavy atom. The van der Waals surface area contributed by atoms with Crippen molar-refractivity contribution in [2.45, 2.75) is 32.6 Å². The van der Waals surface area contributed by atoms with Gasteiger partial charge in [0.25, 0.3) is 5.91 Å². The molecule has 4 nitrogen and oxygen atoms in total. The minimum absolute atomic E-state index is 0.0791. The van der Waals surface area contributed by atoms with Crippen LogP contribution in [0.1, 0.15) is 45.3 Å². The standard InChI is InChI=1S/C22H19N3OS/c1-12-9-20(15-3-4-15)27-19(12)11-18-17-10-16(14-5-7-23-8-6-14)13(2)24-21(17)25-22(18)26/h5-11,15H,3-4H2,1-2H3,(H,24,25,26). The maximum Gasteiger partial charge on any atom is 0.257 e. The van der Waals surface area contributed by atoms with Crippen LogP contribution in [0.4, 0.5) is 5.82 Å². The fraction of sp³-hybridized carbons (Fsp3) is 0.227. The summed E-state index contributed by atoms with van der Waals surface area (Å²) in [5.74, 6) is 1.30. The van der Waals surface area contributed by atoms with E-state index in [1.165, 1.54) is 28.2 Å². The minimum atomic E-state index is -0.0791. The van der Waals surface area contributed by atoms with E-state index in [1.54, 1.807) is 12.4 Å². The fourth-order valence-electron chi connectivity index (χ4n) is 3.53. The third-order valence-electron chi connectivity index (χ3n) is 5.20. The lowest BCUT2D eigenvalue weighted by Crippen LogP contribution is -2.04. The number of fused-ring (bicyclic) bond motifs is 1. The zero-order chi connectivity index (χ0) is 18.5. The van der Waals surface area contributed by atoms with Crippen molar-refractivity contribution in [1.82, 2.24) is 9.97 Å². The number of anilines is 1. The second-order valence-electron chi connectivity index (χ2n) is 7.24. The van der Waals surface area contributed by atoms with Crippen LogP contribution in [0, 0.1) is 13.8 Å². The van der Waals surface area contributed by atoms with E-state index in [0.29, 0.717) is 11.4 Å². The Balaban J connectivity index is 1.61. The van der Waals surface area contributed by atoms with Gasteiger partial charge in [0.15, 0.2) is 0 Å². The molecule has 134 valence electrons. The van der Waals surface area contributed by atoms with Crippen LogP contribution in [0.3, 0.4) is 0 Å². The van der Waals surface area contributed by atoms with E-state index < -0.39 is 0 Å². The fourth-order valence-corrected chi connectivity index (χ4v) is 4.82. The molecule has 1 aliphatic heterocycles. The van der Waals surface area contributed by atoms with Gasteiger partial charge in [0.05, 0.1) is 5.57 Å². The van der Waals surface area contributed by atoms with Crippen molar-refractivity contribution < 1.29 is 4.79 Å². The number of rotatable bonds is 3. The Hall–Kier alpha value is -2.79. The van der Waals surface area contributed by atoms with E-state index in [1.807, 2.05) is 36.5 Å². The molecule has 2 aliphatic rings. The molecule has 0 spiro atoms. The van der Waals surface area contributed by atoms with Gasteiger partial charge in [-0.05, 0) is 74.1 Å². The van der Waals surface area contributed by atoms with Crippen molar-refractivity contribution in [1.29, 1.82) is 0 Å². The van der Waals surface area contributed by atoms with Crippen LogP contribution in [-0.4, -0.2) is 15.9 Å². The Labute approximate surface area is 162 Å². The summed E-state index contributed by atoms with van der Waals surface area (Å²) in [5, 5.41) is 2.92. The number of hydrogen-bond donors (Lipinski definition) is 1. The van der Waals surface area contributed by atoms with Crippen LogP contribution in [0.5, 0.6) is 0 Å². The van der Waals surface area contributed by atoms with Gasteiger partial charge in [0.2, 0.25) is 0 Å². The number of nitrogens with zero attached hydrogens (tertiary/aromatic N) is 2.